The van der Waals surface area contributed by atoms with Gasteiger partial charge in [0.2, 0.25) is 0 Å². The molecule has 0 fully saturated rings. The van der Waals surface area contributed by atoms with Crippen LogP contribution in [-0.4, -0.2) is 9.55 Å². The molecule has 1 N–H and O–H groups in total. The largest absolute Gasteiger partial charge is 0.330 e. The minimum atomic E-state index is 0.230. The topological polar surface area (TPSA) is 29.9 Å². The molecule has 1 unspecified atom stereocenters. The van der Waals surface area contributed by atoms with E-state index >= 15 is 0 Å². The third-order valence-corrected chi connectivity index (χ3v) is 4.77. The lowest BCUT2D eigenvalue weighted by Gasteiger charge is -2.13. The number of para-hydroxylation sites is 2. The molecule has 0 aliphatic heterocycles. The van der Waals surface area contributed by atoms with Crippen LogP contribution in [-0.2, 0) is 13.6 Å². The van der Waals surface area contributed by atoms with Gasteiger partial charge >= 0.3 is 0 Å². The van der Waals surface area contributed by atoms with Gasteiger partial charge in [0.15, 0.2) is 0 Å². The van der Waals surface area contributed by atoms with Crippen LogP contribution in [0.4, 0.5) is 0 Å². The molecular weight excluding hydrogens is 266 g/mol. The van der Waals surface area contributed by atoms with Gasteiger partial charge < -0.3 is 9.88 Å². The van der Waals surface area contributed by atoms with Gasteiger partial charge in [-0.25, -0.2) is 4.98 Å². The summed E-state index contributed by atoms with van der Waals surface area (Å²) in [6, 6.07) is 10.7. The molecule has 2 aromatic heterocycles. The summed E-state index contributed by atoms with van der Waals surface area (Å²) in [5, 5.41) is 5.72. The van der Waals surface area contributed by atoms with Crippen LogP contribution in [0.2, 0.25) is 0 Å². The molecule has 2 heterocycles. The quantitative estimate of drug-likeness (QED) is 0.790. The number of hydrogen-bond donors (Lipinski definition) is 1. The summed E-state index contributed by atoms with van der Waals surface area (Å²) in [4.78, 5) is 6.14. The van der Waals surface area contributed by atoms with Crippen LogP contribution >= 0.6 is 11.3 Å². The van der Waals surface area contributed by atoms with E-state index in [2.05, 4.69) is 60.4 Å². The highest BCUT2D eigenvalue weighted by Crippen LogP contribution is 2.21. The Morgan fingerprint density at radius 1 is 1.30 bits per heavy atom. The number of aromatic nitrogens is 2. The van der Waals surface area contributed by atoms with Gasteiger partial charge in [0.05, 0.1) is 17.1 Å². The molecule has 0 spiro atoms. The molecule has 0 aliphatic carbocycles. The highest BCUT2D eigenvalue weighted by atomic mass is 32.1. The maximum atomic E-state index is 4.74. The smallest absolute Gasteiger partial charge is 0.126 e. The normalized spacial score (nSPS) is 12.9. The number of rotatable bonds is 4. The van der Waals surface area contributed by atoms with Gasteiger partial charge in [-0.05, 0) is 43.0 Å². The number of fused-ring (bicyclic) bond motifs is 1. The predicted molar refractivity (Wildman–Crippen MR) is 85.0 cm³/mol. The van der Waals surface area contributed by atoms with E-state index in [1.807, 2.05) is 6.07 Å². The standard InChI is InChI=1S/C16H19N3S/c1-11-8-9-20-15(11)10-17-12(2)16-18-13-6-4-5-7-14(13)19(16)3/h4-9,12,17H,10H2,1-3H3. The van der Waals surface area contributed by atoms with Crippen molar-refractivity contribution in [3.8, 4) is 0 Å². The van der Waals surface area contributed by atoms with Crippen LogP contribution in [0, 0.1) is 6.92 Å². The molecule has 0 saturated carbocycles. The van der Waals surface area contributed by atoms with Crippen LogP contribution in [0.15, 0.2) is 35.7 Å². The second kappa shape index (κ2) is 5.38. The summed E-state index contributed by atoms with van der Waals surface area (Å²) in [7, 11) is 2.08. The first-order valence-electron chi connectivity index (χ1n) is 6.84. The average Bonchev–Trinajstić information content (AvgIpc) is 3.01. The number of nitrogens with zero attached hydrogens (tertiary/aromatic N) is 2. The van der Waals surface area contributed by atoms with Crippen LogP contribution in [0.25, 0.3) is 11.0 Å². The summed E-state index contributed by atoms with van der Waals surface area (Å²) < 4.78 is 2.17. The molecule has 20 heavy (non-hydrogen) atoms. The fourth-order valence-electron chi connectivity index (χ4n) is 2.47. The van der Waals surface area contributed by atoms with Crippen molar-refractivity contribution in [3.05, 3.63) is 52.0 Å². The molecule has 0 amide bonds. The number of hydrogen-bond acceptors (Lipinski definition) is 3. The summed E-state index contributed by atoms with van der Waals surface area (Å²) in [5.74, 6) is 1.08. The lowest BCUT2D eigenvalue weighted by molar-refractivity contribution is 0.535. The van der Waals surface area contributed by atoms with Crippen LogP contribution in [0.5, 0.6) is 0 Å². The van der Waals surface area contributed by atoms with Gasteiger partial charge in [-0.1, -0.05) is 12.1 Å². The number of nitrogens with one attached hydrogen (secondary N) is 1. The first-order valence-corrected chi connectivity index (χ1v) is 7.72. The van der Waals surface area contributed by atoms with E-state index in [4.69, 9.17) is 4.98 Å². The van der Waals surface area contributed by atoms with Crippen molar-refractivity contribution in [3.63, 3.8) is 0 Å². The zero-order chi connectivity index (χ0) is 14.1. The Morgan fingerprint density at radius 2 is 2.10 bits per heavy atom. The van der Waals surface area contributed by atoms with Gasteiger partial charge in [-0.15, -0.1) is 11.3 Å². The van der Waals surface area contributed by atoms with Gasteiger partial charge in [-0.2, -0.15) is 0 Å². The number of imidazole rings is 1. The SMILES string of the molecule is Cc1ccsc1CNC(C)c1nc2ccccc2n1C. The lowest BCUT2D eigenvalue weighted by atomic mass is 10.2. The molecule has 1 aromatic carbocycles. The summed E-state index contributed by atoms with van der Waals surface area (Å²) in [6.07, 6.45) is 0. The van der Waals surface area contributed by atoms with Gasteiger partial charge in [0.1, 0.15) is 5.82 Å². The average molecular weight is 285 g/mol. The van der Waals surface area contributed by atoms with Crippen LogP contribution in [0.3, 0.4) is 0 Å². The highest BCUT2D eigenvalue weighted by molar-refractivity contribution is 7.10. The Balaban J connectivity index is 1.80. The maximum absolute atomic E-state index is 4.74. The molecule has 4 heteroatoms. The van der Waals surface area contributed by atoms with Gasteiger partial charge in [-0.3, -0.25) is 0 Å². The molecule has 3 nitrogen and oxygen atoms in total. The van der Waals surface area contributed by atoms with E-state index in [0.717, 1.165) is 17.9 Å². The summed E-state index contributed by atoms with van der Waals surface area (Å²) >= 11 is 1.81. The zero-order valence-electron chi connectivity index (χ0n) is 12.1. The second-order valence-corrected chi connectivity index (χ2v) is 6.15. The third kappa shape index (κ3) is 2.37. The van der Waals surface area contributed by atoms with Crippen molar-refractivity contribution in [2.75, 3.05) is 0 Å². The second-order valence-electron chi connectivity index (χ2n) is 5.15. The Kier molecular flexibility index (Phi) is 3.59. The van der Waals surface area contributed by atoms with Crippen LogP contribution < -0.4 is 5.32 Å². The molecule has 3 rings (SSSR count). The molecule has 3 aromatic rings. The van der Waals surface area contributed by atoms with Crippen LogP contribution in [0.1, 0.15) is 29.2 Å². The first-order chi connectivity index (χ1) is 9.66. The summed E-state index contributed by atoms with van der Waals surface area (Å²) in [6.45, 7) is 5.23. The highest BCUT2D eigenvalue weighted by Gasteiger charge is 2.14. The third-order valence-electron chi connectivity index (χ3n) is 3.75. The molecule has 0 saturated heterocycles. The number of thiophene rings is 1. The minimum Gasteiger partial charge on any atom is -0.330 e. The van der Waals surface area contributed by atoms with Crippen molar-refractivity contribution in [2.45, 2.75) is 26.4 Å². The van der Waals surface area contributed by atoms with Crippen molar-refractivity contribution >= 4 is 22.4 Å². The fourth-order valence-corrected chi connectivity index (χ4v) is 3.33. The summed E-state index contributed by atoms with van der Waals surface area (Å²) in [5.41, 5.74) is 3.61. The molecule has 104 valence electrons. The molecule has 0 bridgehead atoms. The Labute approximate surface area is 123 Å². The van der Waals surface area contributed by atoms with E-state index in [-0.39, 0.29) is 6.04 Å². The van der Waals surface area contributed by atoms with Gasteiger partial charge in [0.25, 0.3) is 0 Å². The first kappa shape index (κ1) is 13.3. The minimum absolute atomic E-state index is 0.230. The van der Waals surface area contributed by atoms with E-state index in [1.165, 1.54) is 16.0 Å². The Bertz CT molecular complexity index is 726. The van der Waals surface area contributed by atoms with Crippen molar-refractivity contribution < 1.29 is 0 Å². The molecule has 1 atom stereocenters. The molecular formula is C16H19N3S. The monoisotopic (exact) mass is 285 g/mol. The fraction of sp³-hybridized carbons (Fsp3) is 0.312. The van der Waals surface area contributed by atoms with Crippen molar-refractivity contribution in [2.24, 2.45) is 7.05 Å². The maximum Gasteiger partial charge on any atom is 0.126 e. The van der Waals surface area contributed by atoms with Crippen molar-refractivity contribution in [1.82, 2.24) is 14.9 Å². The molecule has 0 aliphatic rings. The number of aryl methyl sites for hydroxylation is 2. The number of benzene rings is 1. The van der Waals surface area contributed by atoms with E-state index < -0.39 is 0 Å². The van der Waals surface area contributed by atoms with E-state index in [0.29, 0.717) is 0 Å². The Morgan fingerprint density at radius 3 is 2.80 bits per heavy atom. The zero-order valence-corrected chi connectivity index (χ0v) is 12.9. The van der Waals surface area contributed by atoms with Gasteiger partial charge in [0, 0.05) is 18.5 Å². The predicted octanol–water partition coefficient (Wildman–Crippen LogP) is 3.79. The Hall–Kier alpha value is -1.65. The van der Waals surface area contributed by atoms with Crippen molar-refractivity contribution in [1.29, 1.82) is 0 Å². The van der Waals surface area contributed by atoms with E-state index in [9.17, 15) is 0 Å². The van der Waals surface area contributed by atoms with E-state index in [1.54, 1.807) is 11.3 Å². The molecule has 0 radical (unpaired) electrons. The lowest BCUT2D eigenvalue weighted by Crippen LogP contribution is -2.20.